The van der Waals surface area contributed by atoms with E-state index in [0.29, 0.717) is 6.42 Å². The van der Waals surface area contributed by atoms with Gasteiger partial charge >= 0.3 is 0 Å². The van der Waals surface area contributed by atoms with Crippen molar-refractivity contribution in [1.82, 2.24) is 5.32 Å². The number of hydrogen-bond acceptors (Lipinski definition) is 3. The van der Waals surface area contributed by atoms with Gasteiger partial charge in [-0.25, -0.2) is 0 Å². The summed E-state index contributed by atoms with van der Waals surface area (Å²) in [6.45, 7) is 5.34. The molecular formula is C13H19NO3. The number of benzene rings is 1. The molecule has 0 aromatic heterocycles. The molecule has 0 saturated heterocycles. The molecule has 0 saturated carbocycles. The number of aliphatic hydroxyl groups is 1. The third-order valence-corrected chi connectivity index (χ3v) is 2.94. The lowest BCUT2D eigenvalue weighted by molar-refractivity contribution is 0.0845. The summed E-state index contributed by atoms with van der Waals surface area (Å²) in [6, 6.07) is 4.88. The van der Waals surface area contributed by atoms with Gasteiger partial charge < -0.3 is 15.5 Å². The monoisotopic (exact) mass is 237 g/mol. The van der Waals surface area contributed by atoms with E-state index >= 15 is 0 Å². The minimum Gasteiger partial charge on any atom is -0.507 e. The first-order valence-electron chi connectivity index (χ1n) is 5.65. The SMILES string of the molecule is CCC(C)(CO)NC(=O)c1ccc(C)cc1O. The Morgan fingerprint density at radius 3 is 2.59 bits per heavy atom. The Kier molecular flexibility index (Phi) is 4.12. The molecule has 1 rings (SSSR count). The number of aliphatic hydroxyl groups excluding tert-OH is 1. The fourth-order valence-corrected chi connectivity index (χ4v) is 1.41. The highest BCUT2D eigenvalue weighted by Crippen LogP contribution is 2.19. The molecule has 1 amide bonds. The number of aryl methyl sites for hydroxylation is 1. The third kappa shape index (κ3) is 3.20. The van der Waals surface area contributed by atoms with E-state index in [9.17, 15) is 15.0 Å². The maximum atomic E-state index is 11.9. The second-order valence-corrected chi connectivity index (χ2v) is 4.55. The Hall–Kier alpha value is -1.55. The van der Waals surface area contributed by atoms with Gasteiger partial charge in [0, 0.05) is 0 Å². The second kappa shape index (κ2) is 5.19. The Balaban J connectivity index is 2.90. The van der Waals surface area contributed by atoms with Crippen LogP contribution in [-0.4, -0.2) is 28.3 Å². The fourth-order valence-electron chi connectivity index (χ4n) is 1.41. The maximum Gasteiger partial charge on any atom is 0.255 e. The lowest BCUT2D eigenvalue weighted by Gasteiger charge is -2.27. The molecule has 4 nitrogen and oxygen atoms in total. The molecule has 17 heavy (non-hydrogen) atoms. The summed E-state index contributed by atoms with van der Waals surface area (Å²) < 4.78 is 0. The highest BCUT2D eigenvalue weighted by molar-refractivity contribution is 5.97. The van der Waals surface area contributed by atoms with Crippen LogP contribution in [0.25, 0.3) is 0 Å². The van der Waals surface area contributed by atoms with Crippen molar-refractivity contribution in [2.75, 3.05) is 6.61 Å². The Labute approximate surface area is 101 Å². The normalized spacial score (nSPS) is 14.1. The van der Waals surface area contributed by atoms with Crippen molar-refractivity contribution < 1.29 is 15.0 Å². The molecule has 1 unspecified atom stereocenters. The van der Waals surface area contributed by atoms with Crippen molar-refractivity contribution in [3.63, 3.8) is 0 Å². The van der Waals surface area contributed by atoms with Crippen molar-refractivity contribution in [1.29, 1.82) is 0 Å². The van der Waals surface area contributed by atoms with Crippen molar-refractivity contribution in [2.24, 2.45) is 0 Å². The molecule has 1 aromatic rings. The molecule has 0 aliphatic heterocycles. The second-order valence-electron chi connectivity index (χ2n) is 4.55. The van der Waals surface area contributed by atoms with Crippen molar-refractivity contribution in [3.05, 3.63) is 29.3 Å². The Bertz CT molecular complexity index is 411. The quantitative estimate of drug-likeness (QED) is 0.744. The topological polar surface area (TPSA) is 69.6 Å². The number of amides is 1. The minimum absolute atomic E-state index is 0.0427. The van der Waals surface area contributed by atoms with Crippen LogP contribution < -0.4 is 5.32 Å². The number of carbonyl (C=O) groups is 1. The van der Waals surface area contributed by atoms with Crippen LogP contribution in [-0.2, 0) is 0 Å². The standard InChI is InChI=1S/C13H19NO3/c1-4-13(3,8-15)14-12(17)10-6-5-9(2)7-11(10)16/h5-7,15-16H,4,8H2,1-3H3,(H,14,17). The number of carbonyl (C=O) groups excluding carboxylic acids is 1. The highest BCUT2D eigenvalue weighted by Gasteiger charge is 2.24. The van der Waals surface area contributed by atoms with Crippen LogP contribution in [0.4, 0.5) is 0 Å². The largest absolute Gasteiger partial charge is 0.507 e. The predicted molar refractivity (Wildman–Crippen MR) is 66.1 cm³/mol. The van der Waals surface area contributed by atoms with E-state index in [2.05, 4.69) is 5.32 Å². The van der Waals surface area contributed by atoms with Gasteiger partial charge in [0.05, 0.1) is 17.7 Å². The molecule has 0 spiro atoms. The van der Waals surface area contributed by atoms with E-state index in [1.165, 1.54) is 6.07 Å². The van der Waals surface area contributed by atoms with Gasteiger partial charge in [-0.15, -0.1) is 0 Å². The summed E-state index contributed by atoms with van der Waals surface area (Å²) in [5, 5.41) is 21.6. The van der Waals surface area contributed by atoms with Crippen LogP contribution in [0.1, 0.15) is 36.2 Å². The molecule has 4 heteroatoms. The van der Waals surface area contributed by atoms with Gasteiger partial charge in [-0.2, -0.15) is 0 Å². The number of rotatable bonds is 4. The molecule has 94 valence electrons. The van der Waals surface area contributed by atoms with Gasteiger partial charge in [-0.3, -0.25) is 4.79 Å². The highest BCUT2D eigenvalue weighted by atomic mass is 16.3. The van der Waals surface area contributed by atoms with E-state index in [-0.39, 0.29) is 23.8 Å². The molecule has 3 N–H and O–H groups in total. The third-order valence-electron chi connectivity index (χ3n) is 2.94. The average molecular weight is 237 g/mol. The van der Waals surface area contributed by atoms with E-state index in [0.717, 1.165) is 5.56 Å². The zero-order chi connectivity index (χ0) is 13.1. The molecule has 0 aliphatic rings. The van der Waals surface area contributed by atoms with Gasteiger partial charge in [-0.1, -0.05) is 13.0 Å². The Morgan fingerprint density at radius 2 is 2.12 bits per heavy atom. The Morgan fingerprint density at radius 1 is 1.47 bits per heavy atom. The van der Waals surface area contributed by atoms with Crippen LogP contribution in [0.5, 0.6) is 5.75 Å². The summed E-state index contributed by atoms with van der Waals surface area (Å²) >= 11 is 0. The molecular weight excluding hydrogens is 218 g/mol. The summed E-state index contributed by atoms with van der Waals surface area (Å²) in [4.78, 5) is 11.9. The first-order chi connectivity index (χ1) is 7.91. The van der Waals surface area contributed by atoms with Crippen molar-refractivity contribution in [3.8, 4) is 5.75 Å². The summed E-state index contributed by atoms with van der Waals surface area (Å²) in [6.07, 6.45) is 0.613. The van der Waals surface area contributed by atoms with Gasteiger partial charge in [-0.05, 0) is 38.0 Å². The van der Waals surface area contributed by atoms with Gasteiger partial charge in [0.2, 0.25) is 0 Å². The number of nitrogens with one attached hydrogen (secondary N) is 1. The van der Waals surface area contributed by atoms with Gasteiger partial charge in [0.25, 0.3) is 5.91 Å². The van der Waals surface area contributed by atoms with E-state index < -0.39 is 5.54 Å². The van der Waals surface area contributed by atoms with Gasteiger partial charge in [0.15, 0.2) is 0 Å². The maximum absolute atomic E-state index is 11.9. The van der Waals surface area contributed by atoms with E-state index in [4.69, 9.17) is 0 Å². The minimum atomic E-state index is -0.658. The van der Waals surface area contributed by atoms with E-state index in [1.54, 1.807) is 19.1 Å². The van der Waals surface area contributed by atoms with Gasteiger partial charge in [0.1, 0.15) is 5.75 Å². The summed E-state index contributed by atoms with van der Waals surface area (Å²) in [7, 11) is 0. The van der Waals surface area contributed by atoms with Crippen LogP contribution >= 0.6 is 0 Å². The summed E-state index contributed by atoms with van der Waals surface area (Å²) in [5.74, 6) is -0.417. The van der Waals surface area contributed by atoms with Crippen LogP contribution in [0, 0.1) is 6.92 Å². The first-order valence-corrected chi connectivity index (χ1v) is 5.65. The van der Waals surface area contributed by atoms with E-state index in [1.807, 2.05) is 13.8 Å². The van der Waals surface area contributed by atoms with Crippen molar-refractivity contribution in [2.45, 2.75) is 32.7 Å². The smallest absolute Gasteiger partial charge is 0.255 e. The number of aromatic hydroxyl groups is 1. The van der Waals surface area contributed by atoms with Crippen LogP contribution in [0.15, 0.2) is 18.2 Å². The van der Waals surface area contributed by atoms with Crippen LogP contribution in [0.3, 0.4) is 0 Å². The molecule has 1 atom stereocenters. The fraction of sp³-hybridized carbons (Fsp3) is 0.462. The first kappa shape index (κ1) is 13.5. The molecule has 0 aliphatic carbocycles. The van der Waals surface area contributed by atoms with Crippen LogP contribution in [0.2, 0.25) is 0 Å². The zero-order valence-corrected chi connectivity index (χ0v) is 10.4. The molecule has 0 radical (unpaired) electrons. The molecule has 1 aromatic carbocycles. The lowest BCUT2D eigenvalue weighted by atomic mass is 9.99. The summed E-state index contributed by atoms with van der Waals surface area (Å²) in [5.41, 5.74) is 0.456. The molecule has 0 fully saturated rings. The number of phenolic OH excluding ortho intramolecular Hbond substituents is 1. The molecule has 0 heterocycles. The predicted octanol–water partition coefficient (Wildman–Crippen LogP) is 1.59. The number of hydrogen-bond donors (Lipinski definition) is 3. The van der Waals surface area contributed by atoms with Crippen molar-refractivity contribution >= 4 is 5.91 Å². The zero-order valence-electron chi connectivity index (χ0n) is 10.4. The molecule has 0 bridgehead atoms. The number of phenols is 1. The average Bonchev–Trinajstić information content (AvgIpc) is 2.28. The lowest BCUT2D eigenvalue weighted by Crippen LogP contribution is -2.48.